The molecule has 0 spiro atoms. The minimum Gasteiger partial charge on any atom is -0.480 e. The lowest BCUT2D eigenvalue weighted by Gasteiger charge is -2.27. The van der Waals surface area contributed by atoms with Crippen LogP contribution in [-0.2, 0) is 9.59 Å². The molecule has 102 valence electrons. The van der Waals surface area contributed by atoms with Crippen molar-refractivity contribution in [3.8, 4) is 0 Å². The van der Waals surface area contributed by atoms with E-state index in [9.17, 15) is 9.59 Å². The van der Waals surface area contributed by atoms with Gasteiger partial charge in [-0.05, 0) is 19.9 Å². The first-order valence-electron chi connectivity index (χ1n) is 5.94. The molecule has 0 amide bonds. The third kappa shape index (κ3) is 6.61. The molecule has 0 aliphatic heterocycles. The van der Waals surface area contributed by atoms with Crippen LogP contribution < -0.4 is 5.73 Å². The number of nitrogens with zero attached hydrogens (tertiary/aromatic N) is 1. The van der Waals surface area contributed by atoms with Crippen LogP contribution in [0.1, 0.15) is 25.7 Å². The topological polar surface area (TPSA) is 104 Å². The molecule has 0 bridgehead atoms. The van der Waals surface area contributed by atoms with Gasteiger partial charge < -0.3 is 15.9 Å². The lowest BCUT2D eigenvalue weighted by molar-refractivity contribution is -0.144. The normalized spacial score (nSPS) is 14.4. The van der Waals surface area contributed by atoms with Gasteiger partial charge in [0.2, 0.25) is 0 Å². The molecular weight excluding hydrogens is 235 g/mol. The summed E-state index contributed by atoms with van der Waals surface area (Å²) in [5.74, 6) is -2.00. The molecule has 0 fully saturated rings. The molecule has 0 aromatic carbocycles. The summed E-state index contributed by atoms with van der Waals surface area (Å²) in [7, 11) is 6.97. The first kappa shape index (κ1) is 16.9. The number of carbonyl (C=O) groups is 2. The largest absolute Gasteiger partial charge is 0.480 e. The second-order valence-electron chi connectivity index (χ2n) is 4.59. The van der Waals surface area contributed by atoms with Gasteiger partial charge in [0, 0.05) is 6.54 Å². The third-order valence-corrected chi connectivity index (χ3v) is 2.85. The van der Waals surface area contributed by atoms with Crippen LogP contribution in [0, 0.1) is 0 Å². The van der Waals surface area contributed by atoms with Crippen LogP contribution in [0.2, 0.25) is 6.32 Å². The highest BCUT2D eigenvalue weighted by Gasteiger charge is 2.33. The Labute approximate surface area is 109 Å². The number of rotatable bonds is 10. The zero-order valence-corrected chi connectivity index (χ0v) is 10.8. The van der Waals surface area contributed by atoms with Gasteiger partial charge in [0.25, 0.3) is 0 Å². The van der Waals surface area contributed by atoms with Gasteiger partial charge in [-0.25, -0.2) is 0 Å². The molecule has 1 unspecified atom stereocenters. The summed E-state index contributed by atoms with van der Waals surface area (Å²) in [6.45, 7) is 0.205. The Hall–Kier alpha value is -1.08. The van der Waals surface area contributed by atoms with Crippen LogP contribution in [0.4, 0.5) is 0 Å². The predicted molar refractivity (Wildman–Crippen MR) is 68.7 cm³/mol. The summed E-state index contributed by atoms with van der Waals surface area (Å²) in [5.41, 5.74) is 4.54. The van der Waals surface area contributed by atoms with Crippen LogP contribution in [0.5, 0.6) is 0 Å². The fourth-order valence-electron chi connectivity index (χ4n) is 1.62. The van der Waals surface area contributed by atoms with Gasteiger partial charge in [-0.15, -0.1) is 0 Å². The molecule has 0 aliphatic rings. The highest BCUT2D eigenvalue weighted by molar-refractivity contribution is 6.08. The van der Waals surface area contributed by atoms with Crippen LogP contribution in [0.15, 0.2) is 0 Å². The Balaban J connectivity index is 4.25. The molecule has 7 heteroatoms. The molecule has 4 N–H and O–H groups in total. The van der Waals surface area contributed by atoms with Crippen molar-refractivity contribution in [3.05, 3.63) is 0 Å². The maximum absolute atomic E-state index is 11.2. The Bertz CT molecular complexity index is 288. The monoisotopic (exact) mass is 256 g/mol. The van der Waals surface area contributed by atoms with Gasteiger partial charge in [0.15, 0.2) is 0 Å². The summed E-state index contributed by atoms with van der Waals surface area (Å²) in [4.78, 5) is 23.2. The van der Waals surface area contributed by atoms with E-state index in [1.807, 2.05) is 0 Å². The number of carboxylic acid groups (broad SMARTS) is 2. The van der Waals surface area contributed by atoms with Crippen molar-refractivity contribution < 1.29 is 19.8 Å². The SMILES string of the molecule is [B]CCCCC(N)(CCN(C)CC(=O)O)C(=O)O. The zero-order chi connectivity index (χ0) is 14.2. The highest BCUT2D eigenvalue weighted by Crippen LogP contribution is 2.17. The Morgan fingerprint density at radius 3 is 2.33 bits per heavy atom. The molecule has 18 heavy (non-hydrogen) atoms. The van der Waals surface area contributed by atoms with Crippen LogP contribution in [-0.4, -0.2) is 60.6 Å². The number of carboxylic acids is 2. The van der Waals surface area contributed by atoms with E-state index >= 15 is 0 Å². The first-order valence-corrected chi connectivity index (χ1v) is 5.94. The minimum atomic E-state index is -1.30. The molecule has 0 aromatic rings. The van der Waals surface area contributed by atoms with E-state index in [1.54, 1.807) is 7.05 Å². The summed E-state index contributed by atoms with van der Waals surface area (Å²) >= 11 is 0. The number of nitrogens with two attached hydrogens (primary N) is 1. The van der Waals surface area contributed by atoms with E-state index in [4.69, 9.17) is 23.8 Å². The zero-order valence-electron chi connectivity index (χ0n) is 10.8. The van der Waals surface area contributed by atoms with E-state index < -0.39 is 17.5 Å². The van der Waals surface area contributed by atoms with Crippen molar-refractivity contribution in [2.75, 3.05) is 20.1 Å². The average Bonchev–Trinajstić information content (AvgIpc) is 2.25. The number of likely N-dealkylation sites (N-methyl/N-ethyl adjacent to an activating group) is 1. The summed E-state index contributed by atoms with van der Waals surface area (Å²) < 4.78 is 0. The van der Waals surface area contributed by atoms with E-state index in [0.717, 1.165) is 6.42 Å². The minimum absolute atomic E-state index is 0.126. The summed E-state index contributed by atoms with van der Waals surface area (Å²) in [5, 5.41) is 17.7. The van der Waals surface area contributed by atoms with E-state index in [-0.39, 0.29) is 13.0 Å². The Kier molecular flexibility index (Phi) is 7.62. The molecule has 0 rings (SSSR count). The predicted octanol–water partition coefficient (Wildman–Crippen LogP) is -0.0679. The van der Waals surface area contributed by atoms with E-state index in [1.165, 1.54) is 4.90 Å². The van der Waals surface area contributed by atoms with Crippen LogP contribution in [0.3, 0.4) is 0 Å². The summed E-state index contributed by atoms with van der Waals surface area (Å²) in [6.07, 6.45) is 2.46. The van der Waals surface area contributed by atoms with Crippen molar-refractivity contribution in [2.24, 2.45) is 5.73 Å². The molecule has 0 saturated carbocycles. The van der Waals surface area contributed by atoms with Crippen molar-refractivity contribution in [1.29, 1.82) is 0 Å². The smallest absolute Gasteiger partial charge is 0.323 e. The standard InChI is InChI=1S/C11H21BN2O4/c1-14(8-9(15)16)7-5-11(13,10(17)18)4-2-3-6-12/h2-8,13H2,1H3,(H,15,16)(H,17,18). The van der Waals surface area contributed by atoms with Gasteiger partial charge in [0.1, 0.15) is 5.54 Å². The first-order chi connectivity index (χ1) is 8.31. The number of hydrogen-bond donors (Lipinski definition) is 3. The van der Waals surface area contributed by atoms with Gasteiger partial charge in [0.05, 0.1) is 14.4 Å². The van der Waals surface area contributed by atoms with Crippen molar-refractivity contribution in [1.82, 2.24) is 4.90 Å². The molecule has 1 atom stereocenters. The number of hydrogen-bond acceptors (Lipinski definition) is 4. The lowest BCUT2D eigenvalue weighted by Crippen LogP contribution is -2.50. The fraction of sp³-hybridized carbons (Fsp3) is 0.818. The van der Waals surface area contributed by atoms with Crippen LogP contribution >= 0.6 is 0 Å². The second-order valence-corrected chi connectivity index (χ2v) is 4.59. The molecule has 6 nitrogen and oxygen atoms in total. The molecule has 0 aromatic heterocycles. The number of aliphatic carboxylic acids is 2. The Morgan fingerprint density at radius 2 is 1.89 bits per heavy atom. The Morgan fingerprint density at radius 1 is 1.28 bits per heavy atom. The number of unbranched alkanes of at least 4 members (excludes halogenated alkanes) is 1. The molecular formula is C11H21BN2O4. The molecule has 0 saturated heterocycles. The highest BCUT2D eigenvalue weighted by atomic mass is 16.4. The van der Waals surface area contributed by atoms with Crippen molar-refractivity contribution in [3.63, 3.8) is 0 Å². The second kappa shape index (κ2) is 8.10. The van der Waals surface area contributed by atoms with Crippen LogP contribution in [0.25, 0.3) is 0 Å². The van der Waals surface area contributed by atoms with Gasteiger partial charge >= 0.3 is 11.9 Å². The quantitative estimate of drug-likeness (QED) is 0.373. The maximum atomic E-state index is 11.2. The third-order valence-electron chi connectivity index (χ3n) is 2.85. The molecule has 2 radical (unpaired) electrons. The van der Waals surface area contributed by atoms with Gasteiger partial charge in [-0.1, -0.05) is 19.2 Å². The molecule has 0 heterocycles. The van der Waals surface area contributed by atoms with Crippen molar-refractivity contribution >= 4 is 19.8 Å². The lowest BCUT2D eigenvalue weighted by atomic mass is 9.88. The fourth-order valence-corrected chi connectivity index (χ4v) is 1.62. The van der Waals surface area contributed by atoms with E-state index in [2.05, 4.69) is 0 Å². The van der Waals surface area contributed by atoms with E-state index in [0.29, 0.717) is 25.7 Å². The maximum Gasteiger partial charge on any atom is 0.323 e. The average molecular weight is 256 g/mol. The van der Waals surface area contributed by atoms with Crippen molar-refractivity contribution in [2.45, 2.75) is 37.5 Å². The molecule has 0 aliphatic carbocycles. The van der Waals surface area contributed by atoms with Gasteiger partial charge in [-0.3, -0.25) is 14.5 Å². The van der Waals surface area contributed by atoms with Gasteiger partial charge in [-0.2, -0.15) is 0 Å². The summed E-state index contributed by atoms with van der Waals surface area (Å²) in [6, 6.07) is 0.